The van der Waals surface area contributed by atoms with Gasteiger partial charge in [0.1, 0.15) is 10.7 Å². The summed E-state index contributed by atoms with van der Waals surface area (Å²) in [5, 5.41) is 0. The van der Waals surface area contributed by atoms with Crippen molar-refractivity contribution in [3.05, 3.63) is 58.3 Å². The number of halogens is 1. The lowest BCUT2D eigenvalue weighted by Crippen LogP contribution is -2.30. The van der Waals surface area contributed by atoms with Gasteiger partial charge in [0, 0.05) is 16.1 Å². The van der Waals surface area contributed by atoms with Crippen molar-refractivity contribution >= 4 is 42.9 Å². The lowest BCUT2D eigenvalue weighted by atomic mass is 9.95. The molecule has 1 aliphatic rings. The van der Waals surface area contributed by atoms with Crippen LogP contribution in [0.2, 0.25) is 0 Å². The first kappa shape index (κ1) is 20.1. The zero-order valence-corrected chi connectivity index (χ0v) is 18.5. The number of aromatic nitrogens is 2. The molecule has 152 valence electrons. The van der Waals surface area contributed by atoms with Gasteiger partial charge in [0.15, 0.2) is 0 Å². The van der Waals surface area contributed by atoms with E-state index in [1.807, 2.05) is 13.0 Å². The SMILES string of the molecule is Cc1nc2cc(C(=O)NS(=O)(=O)c3ccccc3Br)ccc2n1C1CCCCC1. The minimum atomic E-state index is -3.98. The number of benzene rings is 2. The molecule has 1 aromatic heterocycles. The van der Waals surface area contributed by atoms with Crippen molar-refractivity contribution in [2.45, 2.75) is 50.0 Å². The molecule has 29 heavy (non-hydrogen) atoms. The molecule has 6 nitrogen and oxygen atoms in total. The first-order chi connectivity index (χ1) is 13.9. The Morgan fingerprint density at radius 2 is 1.86 bits per heavy atom. The van der Waals surface area contributed by atoms with Crippen LogP contribution in [-0.2, 0) is 10.0 Å². The molecule has 1 amide bonds. The van der Waals surface area contributed by atoms with E-state index >= 15 is 0 Å². The molecule has 4 rings (SSSR count). The van der Waals surface area contributed by atoms with Gasteiger partial charge in [0.05, 0.1) is 11.0 Å². The van der Waals surface area contributed by atoms with Crippen molar-refractivity contribution in [2.24, 2.45) is 0 Å². The molecule has 8 heteroatoms. The molecule has 0 unspecified atom stereocenters. The van der Waals surface area contributed by atoms with Gasteiger partial charge in [-0.2, -0.15) is 0 Å². The van der Waals surface area contributed by atoms with Crippen LogP contribution in [0.3, 0.4) is 0 Å². The average molecular weight is 476 g/mol. The topological polar surface area (TPSA) is 81.1 Å². The molecular formula is C21H22BrN3O3S. The lowest BCUT2D eigenvalue weighted by molar-refractivity contribution is 0.0981. The molecule has 2 aromatic carbocycles. The van der Waals surface area contributed by atoms with Crippen LogP contribution in [0.4, 0.5) is 0 Å². The summed E-state index contributed by atoms with van der Waals surface area (Å²) < 4.78 is 30.0. The smallest absolute Gasteiger partial charge is 0.265 e. The van der Waals surface area contributed by atoms with Crippen LogP contribution in [0, 0.1) is 6.92 Å². The molecule has 1 aliphatic carbocycles. The second-order valence-electron chi connectivity index (χ2n) is 7.39. The minimum absolute atomic E-state index is 0.0202. The van der Waals surface area contributed by atoms with Gasteiger partial charge in [-0.15, -0.1) is 0 Å². The number of nitrogens with one attached hydrogen (secondary N) is 1. The van der Waals surface area contributed by atoms with Crippen molar-refractivity contribution in [3.8, 4) is 0 Å². The van der Waals surface area contributed by atoms with E-state index in [0.29, 0.717) is 16.0 Å². The Morgan fingerprint density at radius 3 is 2.59 bits per heavy atom. The number of fused-ring (bicyclic) bond motifs is 1. The summed E-state index contributed by atoms with van der Waals surface area (Å²) >= 11 is 3.22. The zero-order chi connectivity index (χ0) is 20.6. The van der Waals surface area contributed by atoms with Gasteiger partial charge < -0.3 is 4.57 Å². The van der Waals surface area contributed by atoms with Crippen LogP contribution >= 0.6 is 15.9 Å². The van der Waals surface area contributed by atoms with Gasteiger partial charge in [-0.1, -0.05) is 31.4 Å². The number of nitrogens with zero attached hydrogens (tertiary/aromatic N) is 2. The first-order valence-electron chi connectivity index (χ1n) is 9.67. The summed E-state index contributed by atoms with van der Waals surface area (Å²) in [6.07, 6.45) is 5.99. The van der Waals surface area contributed by atoms with Gasteiger partial charge in [-0.25, -0.2) is 18.1 Å². The maximum absolute atomic E-state index is 12.6. The average Bonchev–Trinajstić information content (AvgIpc) is 3.03. The summed E-state index contributed by atoms with van der Waals surface area (Å²) in [5.74, 6) is 0.248. The van der Waals surface area contributed by atoms with E-state index < -0.39 is 15.9 Å². The van der Waals surface area contributed by atoms with Crippen molar-refractivity contribution < 1.29 is 13.2 Å². The second-order valence-corrected chi connectivity index (χ2v) is 9.89. The third kappa shape index (κ3) is 3.96. The predicted molar refractivity (Wildman–Crippen MR) is 115 cm³/mol. The van der Waals surface area contributed by atoms with Crippen molar-refractivity contribution in [3.63, 3.8) is 0 Å². The van der Waals surface area contributed by atoms with Gasteiger partial charge in [-0.05, 0) is 66.0 Å². The quantitative estimate of drug-likeness (QED) is 0.591. The van der Waals surface area contributed by atoms with Crippen LogP contribution in [0.25, 0.3) is 11.0 Å². The Balaban J connectivity index is 1.63. The number of carbonyl (C=O) groups excluding carboxylic acids is 1. The van der Waals surface area contributed by atoms with E-state index in [4.69, 9.17) is 0 Å². The molecule has 0 aliphatic heterocycles. The molecule has 0 atom stereocenters. The molecule has 0 bridgehead atoms. The molecule has 1 heterocycles. The van der Waals surface area contributed by atoms with Crippen LogP contribution in [-0.4, -0.2) is 23.9 Å². The molecule has 3 aromatic rings. The molecule has 0 spiro atoms. The van der Waals surface area contributed by atoms with E-state index in [9.17, 15) is 13.2 Å². The molecule has 0 radical (unpaired) electrons. The van der Waals surface area contributed by atoms with Crippen LogP contribution in [0.5, 0.6) is 0 Å². The standard InChI is InChI=1S/C21H22BrN3O3S/c1-14-23-18-13-15(11-12-19(18)25(14)16-7-3-2-4-8-16)21(26)24-29(27,28)20-10-6-5-9-17(20)22/h5-6,9-13,16H,2-4,7-8H2,1H3,(H,24,26). The highest BCUT2D eigenvalue weighted by Crippen LogP contribution is 2.32. The Bertz CT molecular complexity index is 1180. The fourth-order valence-electron chi connectivity index (χ4n) is 4.06. The van der Waals surface area contributed by atoms with Gasteiger partial charge in [0.25, 0.3) is 15.9 Å². The van der Waals surface area contributed by atoms with Crippen molar-refractivity contribution in [1.29, 1.82) is 0 Å². The number of amides is 1. The third-order valence-electron chi connectivity index (χ3n) is 5.42. The molecule has 1 saturated carbocycles. The normalized spacial score (nSPS) is 15.5. The Hall–Kier alpha value is -2.19. The van der Waals surface area contributed by atoms with E-state index in [2.05, 4.69) is 30.2 Å². The number of sulfonamides is 1. The van der Waals surface area contributed by atoms with Crippen molar-refractivity contribution in [2.75, 3.05) is 0 Å². The van der Waals surface area contributed by atoms with E-state index in [1.165, 1.54) is 25.3 Å². The number of imidazole rings is 1. The maximum Gasteiger partial charge on any atom is 0.265 e. The number of carbonyl (C=O) groups is 1. The highest BCUT2D eigenvalue weighted by Gasteiger charge is 2.23. The Kier molecular flexibility index (Phi) is 5.48. The number of rotatable bonds is 4. The number of aryl methyl sites for hydroxylation is 1. The van der Waals surface area contributed by atoms with Crippen LogP contribution in [0.1, 0.15) is 54.3 Å². The molecule has 1 fully saturated rings. The number of hydrogen-bond donors (Lipinski definition) is 1. The monoisotopic (exact) mass is 475 g/mol. The van der Waals surface area contributed by atoms with E-state index in [0.717, 1.165) is 24.2 Å². The van der Waals surface area contributed by atoms with Gasteiger partial charge >= 0.3 is 0 Å². The maximum atomic E-state index is 12.6. The Labute approximate surface area is 178 Å². The minimum Gasteiger partial charge on any atom is -0.325 e. The van der Waals surface area contributed by atoms with Crippen molar-refractivity contribution in [1.82, 2.24) is 14.3 Å². The Morgan fingerprint density at radius 1 is 1.14 bits per heavy atom. The zero-order valence-electron chi connectivity index (χ0n) is 16.1. The van der Waals surface area contributed by atoms with Crippen LogP contribution in [0.15, 0.2) is 51.8 Å². The highest BCUT2D eigenvalue weighted by molar-refractivity contribution is 9.10. The molecule has 1 N–H and O–H groups in total. The summed E-state index contributed by atoms with van der Waals surface area (Å²) in [4.78, 5) is 17.3. The highest BCUT2D eigenvalue weighted by atomic mass is 79.9. The first-order valence-corrected chi connectivity index (χ1v) is 11.9. The second kappa shape index (κ2) is 7.91. The van der Waals surface area contributed by atoms with Gasteiger partial charge in [0.2, 0.25) is 0 Å². The summed E-state index contributed by atoms with van der Waals surface area (Å²) in [6, 6.07) is 12.0. The fraction of sp³-hybridized carbons (Fsp3) is 0.333. The largest absolute Gasteiger partial charge is 0.325 e. The third-order valence-corrected chi connectivity index (χ3v) is 7.76. The summed E-state index contributed by atoms with van der Waals surface area (Å²) in [6.45, 7) is 1.98. The van der Waals surface area contributed by atoms with E-state index in [1.54, 1.807) is 30.3 Å². The molecular weight excluding hydrogens is 454 g/mol. The lowest BCUT2D eigenvalue weighted by Gasteiger charge is -2.25. The fourth-order valence-corrected chi connectivity index (χ4v) is 6.04. The molecule has 0 saturated heterocycles. The summed E-state index contributed by atoms with van der Waals surface area (Å²) in [5.41, 5.74) is 1.96. The number of hydrogen-bond acceptors (Lipinski definition) is 4. The van der Waals surface area contributed by atoms with E-state index in [-0.39, 0.29) is 10.5 Å². The van der Waals surface area contributed by atoms with Crippen LogP contribution < -0.4 is 4.72 Å². The van der Waals surface area contributed by atoms with Gasteiger partial charge in [-0.3, -0.25) is 4.79 Å². The predicted octanol–water partition coefficient (Wildman–Crippen LogP) is 4.73. The summed E-state index contributed by atoms with van der Waals surface area (Å²) in [7, 11) is -3.98.